The number of rotatable bonds is 1. The van der Waals surface area contributed by atoms with Crippen molar-refractivity contribution in [3.8, 4) is 0 Å². The first kappa shape index (κ1) is 12.9. The van der Waals surface area contributed by atoms with E-state index in [4.69, 9.17) is 5.73 Å². The van der Waals surface area contributed by atoms with Gasteiger partial charge in [-0.3, -0.25) is 0 Å². The number of nitrogens with two attached hydrogens (primary N) is 1. The molecular formula is C14H21BrN2. The van der Waals surface area contributed by atoms with Crippen LogP contribution in [0.1, 0.15) is 25.8 Å². The highest BCUT2D eigenvalue weighted by molar-refractivity contribution is 9.10. The molecule has 0 saturated carbocycles. The molecule has 0 aromatic heterocycles. The van der Waals surface area contributed by atoms with Crippen LogP contribution in [0.2, 0.25) is 0 Å². The van der Waals surface area contributed by atoms with Crippen molar-refractivity contribution in [3.63, 3.8) is 0 Å². The Bertz CT molecular complexity index is 405. The van der Waals surface area contributed by atoms with E-state index in [1.165, 1.54) is 11.3 Å². The molecule has 0 bridgehead atoms. The summed E-state index contributed by atoms with van der Waals surface area (Å²) in [6, 6.07) is 7.37. The summed E-state index contributed by atoms with van der Waals surface area (Å²) in [5.41, 5.74) is 8.81. The maximum Gasteiger partial charge on any atom is 0.0399 e. The van der Waals surface area contributed by atoms with Crippen molar-refractivity contribution < 1.29 is 0 Å². The summed E-state index contributed by atoms with van der Waals surface area (Å²) in [6.45, 7) is 7.78. The molecule has 3 heteroatoms. The van der Waals surface area contributed by atoms with E-state index in [2.05, 4.69) is 59.8 Å². The molecule has 1 saturated heterocycles. The first-order valence-corrected chi connectivity index (χ1v) is 7.08. The minimum absolute atomic E-state index is 0.344. The predicted octanol–water partition coefficient (Wildman–Crippen LogP) is 3.32. The van der Waals surface area contributed by atoms with Crippen LogP contribution < -0.4 is 10.6 Å². The monoisotopic (exact) mass is 296 g/mol. The number of aryl methyl sites for hydroxylation is 1. The maximum atomic E-state index is 6.14. The number of hydrogen-bond acceptors (Lipinski definition) is 2. The molecule has 1 fully saturated rings. The molecule has 1 heterocycles. The lowest BCUT2D eigenvalue weighted by molar-refractivity contribution is 0.315. The summed E-state index contributed by atoms with van der Waals surface area (Å²) in [6.07, 6.45) is 1.08. The topological polar surface area (TPSA) is 29.3 Å². The zero-order valence-corrected chi connectivity index (χ0v) is 12.4. The highest BCUT2D eigenvalue weighted by Gasteiger charge is 2.30. The lowest BCUT2D eigenvalue weighted by atomic mass is 9.87. The van der Waals surface area contributed by atoms with Gasteiger partial charge in [-0.05, 0) is 49.9 Å². The molecule has 2 nitrogen and oxygen atoms in total. The van der Waals surface area contributed by atoms with Crippen LogP contribution in [-0.2, 0) is 0 Å². The molecule has 0 amide bonds. The lowest BCUT2D eigenvalue weighted by Gasteiger charge is -2.43. The molecule has 1 aliphatic heterocycles. The van der Waals surface area contributed by atoms with Crippen molar-refractivity contribution in [3.05, 3.63) is 28.2 Å². The summed E-state index contributed by atoms with van der Waals surface area (Å²) in [4.78, 5) is 2.50. The minimum Gasteiger partial charge on any atom is -0.368 e. The predicted molar refractivity (Wildman–Crippen MR) is 77.4 cm³/mol. The van der Waals surface area contributed by atoms with Crippen molar-refractivity contribution in [1.29, 1.82) is 0 Å². The van der Waals surface area contributed by atoms with Crippen LogP contribution in [0.4, 0.5) is 5.69 Å². The van der Waals surface area contributed by atoms with E-state index in [-0.39, 0.29) is 0 Å². The summed E-state index contributed by atoms with van der Waals surface area (Å²) in [5, 5.41) is 0. The van der Waals surface area contributed by atoms with Gasteiger partial charge in [0.1, 0.15) is 0 Å². The van der Waals surface area contributed by atoms with Crippen molar-refractivity contribution >= 4 is 21.6 Å². The van der Waals surface area contributed by atoms with Crippen molar-refractivity contribution in [1.82, 2.24) is 0 Å². The second-order valence-electron chi connectivity index (χ2n) is 5.18. The molecule has 2 N–H and O–H groups in total. The number of hydrogen-bond donors (Lipinski definition) is 1. The van der Waals surface area contributed by atoms with Gasteiger partial charge in [0.15, 0.2) is 0 Å². The van der Waals surface area contributed by atoms with Gasteiger partial charge in [-0.15, -0.1) is 0 Å². The van der Waals surface area contributed by atoms with Gasteiger partial charge in [-0.1, -0.05) is 22.9 Å². The molecule has 17 heavy (non-hydrogen) atoms. The van der Waals surface area contributed by atoms with Crippen LogP contribution in [0, 0.1) is 12.8 Å². The van der Waals surface area contributed by atoms with Crippen molar-refractivity contribution in [2.45, 2.75) is 39.3 Å². The van der Waals surface area contributed by atoms with E-state index in [9.17, 15) is 0 Å². The van der Waals surface area contributed by atoms with Crippen molar-refractivity contribution in [2.75, 3.05) is 11.4 Å². The van der Waals surface area contributed by atoms with Crippen molar-refractivity contribution in [2.24, 2.45) is 11.7 Å². The standard InChI is InChI=1S/C14H21BrN2/c1-9-8-12(15)4-5-14(9)17-7-6-13(16)10(2)11(17)3/h4-5,8,10-11,13H,6-7,16H2,1-3H3. The van der Waals surface area contributed by atoms with E-state index in [1.54, 1.807) is 0 Å². The molecule has 1 aromatic rings. The van der Waals surface area contributed by atoms with Gasteiger partial charge in [0.25, 0.3) is 0 Å². The SMILES string of the molecule is Cc1cc(Br)ccc1N1CCC(N)C(C)C1C. The molecule has 0 radical (unpaired) electrons. The van der Waals surface area contributed by atoms with Gasteiger partial charge in [-0.2, -0.15) is 0 Å². The van der Waals surface area contributed by atoms with Crippen LogP contribution in [0.3, 0.4) is 0 Å². The average molecular weight is 297 g/mol. The van der Waals surface area contributed by atoms with E-state index in [0.29, 0.717) is 18.0 Å². The third-order valence-corrected chi connectivity index (χ3v) is 4.59. The van der Waals surface area contributed by atoms with Crippen LogP contribution in [0.5, 0.6) is 0 Å². The Labute approximate surface area is 112 Å². The van der Waals surface area contributed by atoms with Gasteiger partial charge in [0.2, 0.25) is 0 Å². The zero-order chi connectivity index (χ0) is 12.6. The Hall–Kier alpha value is -0.540. The second kappa shape index (κ2) is 4.99. The van der Waals surface area contributed by atoms with E-state index >= 15 is 0 Å². The van der Waals surface area contributed by atoms with Gasteiger partial charge >= 0.3 is 0 Å². The average Bonchev–Trinajstić information content (AvgIpc) is 2.28. The number of anilines is 1. The van der Waals surface area contributed by atoms with Crippen LogP contribution in [0.25, 0.3) is 0 Å². The smallest absolute Gasteiger partial charge is 0.0399 e. The molecule has 0 aliphatic carbocycles. The fraction of sp³-hybridized carbons (Fsp3) is 0.571. The number of benzene rings is 1. The molecule has 1 aliphatic rings. The van der Waals surface area contributed by atoms with E-state index in [1.807, 2.05) is 0 Å². The van der Waals surface area contributed by atoms with Crippen LogP contribution >= 0.6 is 15.9 Å². The normalized spacial score (nSPS) is 29.5. The minimum atomic E-state index is 0.344. The lowest BCUT2D eigenvalue weighted by Crippen LogP contribution is -2.52. The Morgan fingerprint density at radius 1 is 1.35 bits per heavy atom. The van der Waals surface area contributed by atoms with Crippen LogP contribution in [0.15, 0.2) is 22.7 Å². The van der Waals surface area contributed by atoms with E-state index < -0.39 is 0 Å². The van der Waals surface area contributed by atoms with Gasteiger partial charge in [0, 0.05) is 28.8 Å². The number of halogens is 1. The molecule has 3 atom stereocenters. The third-order valence-electron chi connectivity index (χ3n) is 4.10. The Kier molecular flexibility index (Phi) is 3.79. The van der Waals surface area contributed by atoms with Crippen LogP contribution in [-0.4, -0.2) is 18.6 Å². The summed E-state index contributed by atoms with van der Waals surface area (Å²) >= 11 is 3.52. The number of piperidine rings is 1. The maximum absolute atomic E-state index is 6.14. The summed E-state index contributed by atoms with van der Waals surface area (Å²) < 4.78 is 1.15. The fourth-order valence-corrected chi connectivity index (χ4v) is 3.15. The Morgan fingerprint density at radius 3 is 2.71 bits per heavy atom. The molecule has 3 unspecified atom stereocenters. The summed E-state index contributed by atoms with van der Waals surface area (Å²) in [5.74, 6) is 0.548. The van der Waals surface area contributed by atoms with Gasteiger partial charge in [0.05, 0.1) is 0 Å². The Morgan fingerprint density at radius 2 is 2.06 bits per heavy atom. The third kappa shape index (κ3) is 2.50. The van der Waals surface area contributed by atoms with E-state index in [0.717, 1.165) is 17.4 Å². The molecule has 0 spiro atoms. The number of nitrogens with zero attached hydrogens (tertiary/aromatic N) is 1. The first-order chi connectivity index (χ1) is 8.00. The quantitative estimate of drug-likeness (QED) is 0.861. The van der Waals surface area contributed by atoms with Gasteiger partial charge in [-0.25, -0.2) is 0 Å². The molecule has 1 aromatic carbocycles. The molecule has 94 valence electrons. The zero-order valence-electron chi connectivity index (χ0n) is 10.8. The first-order valence-electron chi connectivity index (χ1n) is 6.29. The molecular weight excluding hydrogens is 276 g/mol. The second-order valence-corrected chi connectivity index (χ2v) is 6.09. The highest BCUT2D eigenvalue weighted by atomic mass is 79.9. The fourth-order valence-electron chi connectivity index (χ4n) is 2.68. The Balaban J connectivity index is 2.28. The highest BCUT2D eigenvalue weighted by Crippen LogP contribution is 2.31. The van der Waals surface area contributed by atoms with Gasteiger partial charge < -0.3 is 10.6 Å². The largest absolute Gasteiger partial charge is 0.368 e. The summed E-state index contributed by atoms with van der Waals surface area (Å²) in [7, 11) is 0. The molecule has 2 rings (SSSR count).